The molecule has 0 atom stereocenters. The van der Waals surface area contributed by atoms with E-state index >= 15 is 0 Å². The monoisotopic (exact) mass is 360 g/mol. The predicted molar refractivity (Wildman–Crippen MR) is 91.5 cm³/mol. The van der Waals surface area contributed by atoms with E-state index in [1.807, 2.05) is 53.9 Å². The van der Waals surface area contributed by atoms with Crippen LogP contribution in [0.15, 0.2) is 63.0 Å². The minimum atomic E-state index is -2.73. The molecule has 4 rings (SSSR count). The van der Waals surface area contributed by atoms with Crippen molar-refractivity contribution >= 4 is 34.9 Å². The van der Waals surface area contributed by atoms with Crippen molar-refractivity contribution in [3.05, 3.63) is 69.0 Å². The zero-order valence-electron chi connectivity index (χ0n) is 12.1. The third-order valence-electron chi connectivity index (χ3n) is 3.33. The van der Waals surface area contributed by atoms with Crippen LogP contribution in [0, 0.1) is 0 Å². The zero-order chi connectivity index (χ0) is 16.5. The molecular formula is C16H10F2N4S2. The van der Waals surface area contributed by atoms with Crippen LogP contribution in [0.25, 0.3) is 6.08 Å². The summed E-state index contributed by atoms with van der Waals surface area (Å²) in [6.07, 6.45) is -0.739. The van der Waals surface area contributed by atoms with Crippen LogP contribution in [0.3, 0.4) is 0 Å². The van der Waals surface area contributed by atoms with Gasteiger partial charge in [-0.05, 0) is 29.3 Å². The number of thioether (sulfide) groups is 1. The summed E-state index contributed by atoms with van der Waals surface area (Å²) in [6.45, 7) is 0. The molecule has 0 fully saturated rings. The average molecular weight is 360 g/mol. The first-order valence-electron chi connectivity index (χ1n) is 7.03. The summed E-state index contributed by atoms with van der Waals surface area (Å²) in [7, 11) is 0. The Bertz CT molecular complexity index is 915. The van der Waals surface area contributed by atoms with Crippen molar-refractivity contribution in [3.8, 4) is 0 Å². The lowest BCUT2D eigenvalue weighted by molar-refractivity contribution is 0.135. The zero-order valence-corrected chi connectivity index (χ0v) is 13.8. The maximum absolute atomic E-state index is 13.1. The van der Waals surface area contributed by atoms with E-state index < -0.39 is 12.2 Å². The van der Waals surface area contributed by atoms with Gasteiger partial charge in [0.25, 0.3) is 6.43 Å². The molecule has 0 radical (unpaired) electrons. The number of alkyl halides is 2. The van der Waals surface area contributed by atoms with Gasteiger partial charge in [0.2, 0.25) is 11.0 Å². The maximum Gasteiger partial charge on any atom is 0.299 e. The summed E-state index contributed by atoms with van der Waals surface area (Å²) >= 11 is 2.89. The van der Waals surface area contributed by atoms with Gasteiger partial charge in [-0.15, -0.1) is 21.5 Å². The van der Waals surface area contributed by atoms with Crippen molar-refractivity contribution in [2.45, 2.75) is 11.6 Å². The molecule has 0 aliphatic carbocycles. The Morgan fingerprint density at radius 2 is 1.88 bits per heavy atom. The van der Waals surface area contributed by atoms with E-state index in [0.29, 0.717) is 10.9 Å². The van der Waals surface area contributed by atoms with Crippen molar-refractivity contribution in [1.82, 2.24) is 14.9 Å². The molecule has 0 bridgehead atoms. The highest BCUT2D eigenvalue weighted by molar-refractivity contribution is 8.04. The largest absolute Gasteiger partial charge is 0.299 e. The SMILES string of the molecule is FC(F)c1nnc2n1N=C(c1ccccc1)/C(=C/c1cccs1)S2. The summed E-state index contributed by atoms with van der Waals surface area (Å²) < 4.78 is 27.3. The van der Waals surface area contributed by atoms with Crippen molar-refractivity contribution in [3.63, 3.8) is 0 Å². The number of rotatable bonds is 3. The van der Waals surface area contributed by atoms with Gasteiger partial charge in [-0.3, -0.25) is 0 Å². The van der Waals surface area contributed by atoms with Crippen molar-refractivity contribution in [2.24, 2.45) is 5.10 Å². The molecule has 4 nitrogen and oxygen atoms in total. The van der Waals surface area contributed by atoms with Crippen LogP contribution in [0.1, 0.15) is 22.7 Å². The first-order chi connectivity index (χ1) is 11.7. The summed E-state index contributed by atoms with van der Waals surface area (Å²) in [6, 6.07) is 13.4. The smallest absolute Gasteiger partial charge is 0.201 e. The van der Waals surface area contributed by atoms with E-state index in [2.05, 4.69) is 15.3 Å². The van der Waals surface area contributed by atoms with E-state index in [1.165, 1.54) is 11.8 Å². The Balaban J connectivity index is 1.87. The van der Waals surface area contributed by atoms with Gasteiger partial charge in [0.15, 0.2) is 0 Å². The fraction of sp³-hybridized carbons (Fsp3) is 0.0625. The predicted octanol–water partition coefficient (Wildman–Crippen LogP) is 4.68. The van der Waals surface area contributed by atoms with Crippen molar-refractivity contribution in [2.75, 3.05) is 0 Å². The highest BCUT2D eigenvalue weighted by Gasteiger charge is 2.27. The number of halogens is 2. The molecule has 1 aliphatic rings. The number of aromatic nitrogens is 3. The van der Waals surface area contributed by atoms with Crippen LogP contribution in [-0.2, 0) is 0 Å². The Hall–Kier alpha value is -2.32. The number of hydrogen-bond donors (Lipinski definition) is 0. The lowest BCUT2D eigenvalue weighted by atomic mass is 10.1. The van der Waals surface area contributed by atoms with Gasteiger partial charge in [-0.25, -0.2) is 8.78 Å². The van der Waals surface area contributed by atoms with Gasteiger partial charge in [0, 0.05) is 15.3 Å². The van der Waals surface area contributed by atoms with Crippen molar-refractivity contribution in [1.29, 1.82) is 0 Å². The maximum atomic E-state index is 13.1. The first-order valence-corrected chi connectivity index (χ1v) is 8.73. The number of allylic oxidation sites excluding steroid dienone is 1. The molecule has 1 aromatic carbocycles. The van der Waals surface area contributed by atoms with Gasteiger partial charge in [-0.1, -0.05) is 36.4 Å². The summed E-state index contributed by atoms with van der Waals surface area (Å²) in [5, 5.41) is 14.1. The number of nitrogens with zero attached hydrogens (tertiary/aromatic N) is 4. The standard InChI is InChI=1S/C16H10F2N4S2/c17-14(18)15-19-20-16-22(15)21-13(10-5-2-1-3-6-10)12(24-16)9-11-7-4-8-23-11/h1-9,14H/b12-9-. The Kier molecular flexibility index (Phi) is 3.99. The van der Waals surface area contributed by atoms with Crippen LogP contribution in [-0.4, -0.2) is 20.6 Å². The van der Waals surface area contributed by atoms with Crippen LogP contribution >= 0.6 is 23.1 Å². The van der Waals surface area contributed by atoms with Crippen LogP contribution in [0.4, 0.5) is 8.78 Å². The van der Waals surface area contributed by atoms with Crippen molar-refractivity contribution < 1.29 is 8.78 Å². The molecule has 8 heteroatoms. The van der Waals surface area contributed by atoms with Gasteiger partial charge in [0.1, 0.15) is 5.71 Å². The highest BCUT2D eigenvalue weighted by Crippen LogP contribution is 2.36. The van der Waals surface area contributed by atoms with E-state index in [9.17, 15) is 8.78 Å². The average Bonchev–Trinajstić information content (AvgIpc) is 3.24. The highest BCUT2D eigenvalue weighted by atomic mass is 32.2. The number of fused-ring (bicyclic) bond motifs is 1. The van der Waals surface area contributed by atoms with Gasteiger partial charge in [0.05, 0.1) is 0 Å². The number of benzene rings is 1. The summed E-state index contributed by atoms with van der Waals surface area (Å²) in [5.74, 6) is -0.443. The molecule has 0 N–H and O–H groups in total. The number of thiophene rings is 1. The molecule has 0 unspecified atom stereocenters. The minimum absolute atomic E-state index is 0.341. The second kappa shape index (κ2) is 6.29. The lowest BCUT2D eigenvalue weighted by Crippen LogP contribution is -2.13. The molecule has 0 amide bonds. The second-order valence-corrected chi connectivity index (χ2v) is 6.88. The Morgan fingerprint density at radius 3 is 2.58 bits per heavy atom. The van der Waals surface area contributed by atoms with Gasteiger partial charge in [-0.2, -0.15) is 9.78 Å². The third kappa shape index (κ3) is 2.78. The fourth-order valence-electron chi connectivity index (χ4n) is 2.26. The minimum Gasteiger partial charge on any atom is -0.201 e. The lowest BCUT2D eigenvalue weighted by Gasteiger charge is -2.16. The molecule has 24 heavy (non-hydrogen) atoms. The molecular weight excluding hydrogens is 350 g/mol. The van der Waals surface area contributed by atoms with E-state index in [4.69, 9.17) is 0 Å². The Labute approximate surface area is 144 Å². The third-order valence-corrected chi connectivity index (χ3v) is 5.12. The molecule has 3 heterocycles. The van der Waals surface area contributed by atoms with Crippen LogP contribution in [0.2, 0.25) is 0 Å². The summed E-state index contributed by atoms with van der Waals surface area (Å²) in [5.41, 5.74) is 1.48. The quantitative estimate of drug-likeness (QED) is 0.681. The molecule has 0 spiro atoms. The van der Waals surface area contributed by atoms with Gasteiger partial charge < -0.3 is 0 Å². The summed E-state index contributed by atoms with van der Waals surface area (Å²) in [4.78, 5) is 1.91. The Morgan fingerprint density at radius 1 is 1.04 bits per heavy atom. The normalized spacial score (nSPS) is 15.6. The fourth-order valence-corrected chi connectivity index (χ4v) is 3.94. The molecule has 0 saturated heterocycles. The van der Waals surface area contributed by atoms with E-state index in [-0.39, 0.29) is 0 Å². The molecule has 2 aromatic heterocycles. The molecule has 0 saturated carbocycles. The first kappa shape index (κ1) is 15.2. The topological polar surface area (TPSA) is 43.1 Å². The van der Waals surface area contributed by atoms with Crippen LogP contribution < -0.4 is 0 Å². The molecule has 3 aromatic rings. The van der Waals surface area contributed by atoms with E-state index in [1.54, 1.807) is 11.3 Å². The van der Waals surface area contributed by atoms with E-state index in [0.717, 1.165) is 20.0 Å². The molecule has 1 aliphatic heterocycles. The van der Waals surface area contributed by atoms with Gasteiger partial charge >= 0.3 is 0 Å². The second-order valence-electron chi connectivity index (χ2n) is 4.89. The number of hydrogen-bond acceptors (Lipinski definition) is 5. The van der Waals surface area contributed by atoms with Crippen LogP contribution in [0.5, 0.6) is 0 Å². The molecule has 120 valence electrons.